The van der Waals surface area contributed by atoms with Crippen molar-refractivity contribution in [3.8, 4) is 5.75 Å². The fourth-order valence-corrected chi connectivity index (χ4v) is 1.79. The first-order valence-corrected chi connectivity index (χ1v) is 5.39. The first kappa shape index (κ1) is 10.1. The third-order valence-electron chi connectivity index (χ3n) is 2.62. The number of unbranched alkanes of at least 4 members (excludes halogenated alkanes) is 1. The van der Waals surface area contributed by atoms with Crippen LogP contribution in [0.1, 0.15) is 25.3 Å². The highest BCUT2D eigenvalue weighted by Gasteiger charge is 2.06. The largest absolute Gasteiger partial charge is 0.493 e. The number of furan rings is 1. The fourth-order valence-electron chi connectivity index (χ4n) is 1.79. The molecular weight excluding hydrogens is 188 g/mol. The van der Waals surface area contributed by atoms with E-state index < -0.39 is 0 Å². The molecule has 0 fully saturated rings. The van der Waals surface area contributed by atoms with Crippen molar-refractivity contribution in [3.63, 3.8) is 0 Å². The van der Waals surface area contributed by atoms with Crippen molar-refractivity contribution >= 4 is 11.0 Å². The summed E-state index contributed by atoms with van der Waals surface area (Å²) < 4.78 is 10.7. The van der Waals surface area contributed by atoms with Crippen molar-refractivity contribution in [3.05, 3.63) is 30.0 Å². The normalized spacial score (nSPS) is 10.8. The Morgan fingerprint density at radius 1 is 1.33 bits per heavy atom. The monoisotopic (exact) mass is 204 g/mol. The van der Waals surface area contributed by atoms with Crippen LogP contribution in [0, 0.1) is 0 Å². The number of rotatable bonds is 4. The van der Waals surface area contributed by atoms with Gasteiger partial charge in [0, 0.05) is 5.39 Å². The maximum absolute atomic E-state index is 5.37. The van der Waals surface area contributed by atoms with Gasteiger partial charge in [0.25, 0.3) is 0 Å². The van der Waals surface area contributed by atoms with E-state index >= 15 is 0 Å². The number of benzene rings is 1. The van der Waals surface area contributed by atoms with Crippen LogP contribution in [0.4, 0.5) is 0 Å². The van der Waals surface area contributed by atoms with Crippen LogP contribution < -0.4 is 4.74 Å². The molecule has 0 bridgehead atoms. The Hall–Kier alpha value is -1.44. The van der Waals surface area contributed by atoms with E-state index in [9.17, 15) is 0 Å². The number of fused-ring (bicyclic) bond motifs is 1. The predicted octanol–water partition coefficient (Wildman–Crippen LogP) is 3.78. The first-order chi connectivity index (χ1) is 7.35. The molecule has 0 amide bonds. The molecule has 0 saturated heterocycles. The van der Waals surface area contributed by atoms with E-state index in [1.54, 1.807) is 13.4 Å². The van der Waals surface area contributed by atoms with Crippen molar-refractivity contribution in [2.45, 2.75) is 26.2 Å². The number of hydrogen-bond donors (Lipinski definition) is 0. The van der Waals surface area contributed by atoms with Gasteiger partial charge in [-0.1, -0.05) is 13.3 Å². The lowest BCUT2D eigenvalue weighted by Crippen LogP contribution is -1.88. The predicted molar refractivity (Wildman–Crippen MR) is 61.4 cm³/mol. The van der Waals surface area contributed by atoms with E-state index in [1.165, 1.54) is 18.4 Å². The van der Waals surface area contributed by atoms with Crippen LogP contribution in [0.15, 0.2) is 28.9 Å². The quantitative estimate of drug-likeness (QED) is 0.756. The minimum absolute atomic E-state index is 0.837. The summed E-state index contributed by atoms with van der Waals surface area (Å²) in [6.07, 6.45) is 5.24. The molecule has 2 heteroatoms. The van der Waals surface area contributed by atoms with Gasteiger partial charge in [-0.2, -0.15) is 0 Å². The Morgan fingerprint density at radius 2 is 2.20 bits per heavy atom. The van der Waals surface area contributed by atoms with Crippen molar-refractivity contribution in [1.29, 1.82) is 0 Å². The highest BCUT2D eigenvalue weighted by atomic mass is 16.5. The zero-order chi connectivity index (χ0) is 10.7. The van der Waals surface area contributed by atoms with Crippen LogP contribution in [0.5, 0.6) is 5.75 Å². The highest BCUT2D eigenvalue weighted by molar-refractivity contribution is 5.83. The van der Waals surface area contributed by atoms with E-state index in [-0.39, 0.29) is 0 Å². The SMILES string of the molecule is CCCCc1cc(OC)c2occc2c1. The van der Waals surface area contributed by atoms with Crippen LogP contribution >= 0.6 is 0 Å². The van der Waals surface area contributed by atoms with Gasteiger partial charge in [-0.15, -0.1) is 0 Å². The van der Waals surface area contributed by atoms with Crippen LogP contribution in [-0.4, -0.2) is 7.11 Å². The van der Waals surface area contributed by atoms with Crippen molar-refractivity contribution in [2.75, 3.05) is 7.11 Å². The lowest BCUT2D eigenvalue weighted by Gasteiger charge is -2.05. The van der Waals surface area contributed by atoms with Crippen molar-refractivity contribution < 1.29 is 9.15 Å². The highest BCUT2D eigenvalue weighted by Crippen LogP contribution is 2.28. The fraction of sp³-hybridized carbons (Fsp3) is 0.385. The molecule has 0 aliphatic heterocycles. The van der Waals surface area contributed by atoms with E-state index in [2.05, 4.69) is 19.1 Å². The molecule has 0 N–H and O–H groups in total. The number of hydrogen-bond acceptors (Lipinski definition) is 2. The van der Waals surface area contributed by atoms with Crippen LogP contribution in [0.2, 0.25) is 0 Å². The molecule has 1 aromatic carbocycles. The average Bonchev–Trinajstić information content (AvgIpc) is 2.73. The van der Waals surface area contributed by atoms with Gasteiger partial charge in [0.15, 0.2) is 11.3 Å². The second kappa shape index (κ2) is 4.39. The Bertz CT molecular complexity index is 443. The van der Waals surface area contributed by atoms with E-state index in [0.717, 1.165) is 23.1 Å². The molecule has 0 aliphatic carbocycles. The van der Waals surface area contributed by atoms with Gasteiger partial charge in [-0.25, -0.2) is 0 Å². The van der Waals surface area contributed by atoms with Gasteiger partial charge in [0.2, 0.25) is 0 Å². The maximum Gasteiger partial charge on any atom is 0.175 e. The molecule has 1 heterocycles. The molecular formula is C13H16O2. The smallest absolute Gasteiger partial charge is 0.175 e. The lowest BCUT2D eigenvalue weighted by atomic mass is 10.1. The van der Waals surface area contributed by atoms with Gasteiger partial charge in [0.05, 0.1) is 13.4 Å². The lowest BCUT2D eigenvalue weighted by molar-refractivity contribution is 0.409. The van der Waals surface area contributed by atoms with Crippen LogP contribution in [0.3, 0.4) is 0 Å². The molecule has 0 atom stereocenters. The molecule has 0 unspecified atom stereocenters. The molecule has 2 aromatic rings. The summed E-state index contributed by atoms with van der Waals surface area (Å²) in [5.74, 6) is 0.837. The third-order valence-corrected chi connectivity index (χ3v) is 2.62. The number of ether oxygens (including phenoxy) is 1. The van der Waals surface area contributed by atoms with Gasteiger partial charge in [0.1, 0.15) is 0 Å². The summed E-state index contributed by atoms with van der Waals surface area (Å²) in [5, 5.41) is 1.13. The van der Waals surface area contributed by atoms with Gasteiger partial charge in [-0.3, -0.25) is 0 Å². The molecule has 2 rings (SSSR count). The third kappa shape index (κ3) is 1.99. The average molecular weight is 204 g/mol. The van der Waals surface area contributed by atoms with Crippen molar-refractivity contribution in [2.24, 2.45) is 0 Å². The van der Waals surface area contributed by atoms with E-state index in [0.29, 0.717) is 0 Å². The molecule has 0 spiro atoms. The maximum atomic E-state index is 5.37. The minimum atomic E-state index is 0.837. The summed E-state index contributed by atoms with van der Waals surface area (Å²) >= 11 is 0. The van der Waals surface area contributed by atoms with E-state index in [4.69, 9.17) is 9.15 Å². The number of aryl methyl sites for hydroxylation is 1. The van der Waals surface area contributed by atoms with E-state index in [1.807, 2.05) is 6.07 Å². The Labute approximate surface area is 89.8 Å². The molecule has 1 aromatic heterocycles. The second-order valence-electron chi connectivity index (χ2n) is 3.74. The summed E-state index contributed by atoms with van der Waals surface area (Å²) in [6.45, 7) is 2.20. The second-order valence-corrected chi connectivity index (χ2v) is 3.74. The first-order valence-electron chi connectivity index (χ1n) is 5.39. The van der Waals surface area contributed by atoms with Crippen LogP contribution in [0.25, 0.3) is 11.0 Å². The summed E-state index contributed by atoms with van der Waals surface area (Å²) in [4.78, 5) is 0. The zero-order valence-corrected chi connectivity index (χ0v) is 9.25. The summed E-state index contributed by atoms with van der Waals surface area (Å²) in [5.41, 5.74) is 2.17. The standard InChI is InChI=1S/C13H16O2/c1-3-4-5-10-8-11-6-7-15-13(11)12(9-10)14-2/h6-9H,3-5H2,1-2H3. The Morgan fingerprint density at radius 3 is 2.93 bits per heavy atom. The van der Waals surface area contributed by atoms with Gasteiger partial charge < -0.3 is 9.15 Å². The summed E-state index contributed by atoms with van der Waals surface area (Å²) in [6, 6.07) is 6.23. The van der Waals surface area contributed by atoms with Crippen molar-refractivity contribution in [1.82, 2.24) is 0 Å². The number of methoxy groups -OCH3 is 1. The molecule has 15 heavy (non-hydrogen) atoms. The zero-order valence-electron chi connectivity index (χ0n) is 9.25. The summed E-state index contributed by atoms with van der Waals surface area (Å²) in [7, 11) is 1.68. The molecule has 0 aliphatic rings. The topological polar surface area (TPSA) is 22.4 Å². The Kier molecular flexibility index (Phi) is 2.95. The molecule has 0 saturated carbocycles. The molecule has 2 nitrogen and oxygen atoms in total. The minimum Gasteiger partial charge on any atom is -0.493 e. The molecule has 80 valence electrons. The van der Waals surface area contributed by atoms with Crippen LogP contribution in [-0.2, 0) is 6.42 Å². The van der Waals surface area contributed by atoms with Gasteiger partial charge in [-0.05, 0) is 36.6 Å². The molecule has 0 radical (unpaired) electrons. The van der Waals surface area contributed by atoms with Gasteiger partial charge >= 0.3 is 0 Å². The Balaban J connectivity index is 2.40.